The minimum absolute atomic E-state index is 0.383. The van der Waals surface area contributed by atoms with Crippen LogP contribution in [0, 0.1) is 0 Å². The maximum atomic E-state index is 11.5. The van der Waals surface area contributed by atoms with E-state index in [-0.39, 0.29) is 5.92 Å². The first-order valence-corrected chi connectivity index (χ1v) is 7.50. The maximum absolute atomic E-state index is 11.5. The molecule has 1 aromatic rings. The molecule has 0 saturated carbocycles. The van der Waals surface area contributed by atoms with E-state index >= 15 is 0 Å². The van der Waals surface area contributed by atoms with Crippen molar-refractivity contribution in [3.8, 4) is 0 Å². The SMILES string of the molecule is O=C(O)C1CCCCc2cc3c(nc21)CCCCC3. The number of hydrogen-bond donors (Lipinski definition) is 1. The average molecular weight is 259 g/mol. The predicted molar refractivity (Wildman–Crippen MR) is 73.4 cm³/mol. The molecule has 0 saturated heterocycles. The van der Waals surface area contributed by atoms with E-state index in [0.29, 0.717) is 0 Å². The van der Waals surface area contributed by atoms with E-state index in [9.17, 15) is 9.90 Å². The number of rotatable bonds is 1. The normalized spacial score (nSPS) is 22.8. The molecule has 2 aliphatic rings. The van der Waals surface area contributed by atoms with Gasteiger partial charge in [-0.1, -0.05) is 18.9 Å². The highest BCUT2D eigenvalue weighted by molar-refractivity contribution is 5.76. The van der Waals surface area contributed by atoms with Crippen molar-refractivity contribution in [1.82, 2.24) is 4.98 Å². The molecule has 0 aliphatic heterocycles. The Morgan fingerprint density at radius 1 is 1.05 bits per heavy atom. The fraction of sp³-hybridized carbons (Fsp3) is 0.625. The quantitative estimate of drug-likeness (QED) is 0.788. The zero-order chi connectivity index (χ0) is 13.2. The summed E-state index contributed by atoms with van der Waals surface area (Å²) in [5.74, 6) is -1.09. The molecule has 102 valence electrons. The lowest BCUT2D eigenvalue weighted by atomic mass is 9.95. The van der Waals surface area contributed by atoms with Crippen LogP contribution < -0.4 is 0 Å². The summed E-state index contributed by atoms with van der Waals surface area (Å²) in [6.07, 6.45) is 9.68. The smallest absolute Gasteiger partial charge is 0.312 e. The van der Waals surface area contributed by atoms with E-state index in [1.165, 1.54) is 36.1 Å². The molecule has 19 heavy (non-hydrogen) atoms. The highest BCUT2D eigenvalue weighted by atomic mass is 16.4. The summed E-state index contributed by atoms with van der Waals surface area (Å²) >= 11 is 0. The molecule has 3 nitrogen and oxygen atoms in total. The van der Waals surface area contributed by atoms with Gasteiger partial charge in [0.05, 0.1) is 11.6 Å². The summed E-state index contributed by atoms with van der Waals surface area (Å²) in [6, 6.07) is 2.27. The number of fused-ring (bicyclic) bond motifs is 2. The lowest BCUT2D eigenvalue weighted by Gasteiger charge is -2.16. The number of carboxylic acids is 1. The van der Waals surface area contributed by atoms with Crippen molar-refractivity contribution >= 4 is 5.97 Å². The molecule has 1 atom stereocenters. The van der Waals surface area contributed by atoms with Gasteiger partial charge in [-0.15, -0.1) is 0 Å². The van der Waals surface area contributed by atoms with Crippen molar-refractivity contribution < 1.29 is 9.90 Å². The molecule has 0 radical (unpaired) electrons. The van der Waals surface area contributed by atoms with Crippen LogP contribution in [0.25, 0.3) is 0 Å². The number of pyridine rings is 1. The summed E-state index contributed by atoms with van der Waals surface area (Å²) in [5.41, 5.74) is 4.61. The number of aliphatic carboxylic acids is 1. The zero-order valence-electron chi connectivity index (χ0n) is 11.3. The molecule has 1 N–H and O–H groups in total. The monoisotopic (exact) mass is 259 g/mol. The molecule has 0 fully saturated rings. The van der Waals surface area contributed by atoms with E-state index in [1.54, 1.807) is 0 Å². The van der Waals surface area contributed by atoms with Crippen LogP contribution in [0.4, 0.5) is 0 Å². The Labute approximate surface area is 114 Å². The third-order valence-electron chi connectivity index (χ3n) is 4.48. The highest BCUT2D eigenvalue weighted by Crippen LogP contribution is 2.32. The van der Waals surface area contributed by atoms with Gasteiger partial charge >= 0.3 is 5.97 Å². The van der Waals surface area contributed by atoms with E-state index in [1.807, 2.05) is 0 Å². The molecule has 1 unspecified atom stereocenters. The maximum Gasteiger partial charge on any atom is 0.312 e. The minimum Gasteiger partial charge on any atom is -0.481 e. The second kappa shape index (κ2) is 5.32. The minimum atomic E-state index is -0.704. The Hall–Kier alpha value is -1.38. The highest BCUT2D eigenvalue weighted by Gasteiger charge is 2.27. The Balaban J connectivity index is 2.06. The third kappa shape index (κ3) is 2.51. The second-order valence-corrected chi connectivity index (χ2v) is 5.84. The molecular formula is C16H21NO2. The van der Waals surface area contributed by atoms with Gasteiger partial charge < -0.3 is 5.11 Å². The summed E-state index contributed by atoms with van der Waals surface area (Å²) in [7, 11) is 0. The lowest BCUT2D eigenvalue weighted by molar-refractivity contribution is -0.139. The number of aryl methyl sites for hydroxylation is 3. The molecule has 3 rings (SSSR count). The topological polar surface area (TPSA) is 50.2 Å². The van der Waals surface area contributed by atoms with Gasteiger partial charge in [-0.2, -0.15) is 0 Å². The fourth-order valence-electron chi connectivity index (χ4n) is 3.42. The number of nitrogens with zero attached hydrogens (tertiary/aromatic N) is 1. The van der Waals surface area contributed by atoms with Crippen LogP contribution in [-0.2, 0) is 24.1 Å². The van der Waals surface area contributed by atoms with Crippen LogP contribution >= 0.6 is 0 Å². The van der Waals surface area contributed by atoms with Crippen LogP contribution in [0.3, 0.4) is 0 Å². The standard InChI is InChI=1S/C16H21NO2/c18-16(19)13-8-5-4-7-12-10-11-6-2-1-3-9-14(11)17-15(12)13/h10,13H,1-9H2,(H,18,19). The molecule has 0 amide bonds. The van der Waals surface area contributed by atoms with E-state index in [2.05, 4.69) is 6.07 Å². The van der Waals surface area contributed by atoms with Crippen molar-refractivity contribution in [1.29, 1.82) is 0 Å². The molecule has 0 spiro atoms. The van der Waals surface area contributed by atoms with Gasteiger partial charge in [0.1, 0.15) is 0 Å². The lowest BCUT2D eigenvalue weighted by Crippen LogP contribution is -2.15. The number of carboxylic acid groups (broad SMARTS) is 1. The first kappa shape index (κ1) is 12.6. The van der Waals surface area contributed by atoms with Crippen LogP contribution in [0.15, 0.2) is 6.07 Å². The summed E-state index contributed by atoms with van der Waals surface area (Å²) in [6.45, 7) is 0. The molecule has 1 heterocycles. The Kier molecular flexibility index (Phi) is 3.54. The van der Waals surface area contributed by atoms with Crippen LogP contribution in [-0.4, -0.2) is 16.1 Å². The van der Waals surface area contributed by atoms with Gasteiger partial charge in [-0.25, -0.2) is 0 Å². The summed E-state index contributed by atoms with van der Waals surface area (Å²) in [4.78, 5) is 16.3. The largest absolute Gasteiger partial charge is 0.481 e. The van der Waals surface area contributed by atoms with Gasteiger partial charge in [0.25, 0.3) is 0 Å². The first-order chi connectivity index (χ1) is 9.25. The Morgan fingerprint density at radius 3 is 2.63 bits per heavy atom. The summed E-state index contributed by atoms with van der Waals surface area (Å²) in [5, 5.41) is 9.43. The molecule has 3 heteroatoms. The average Bonchev–Trinajstić information content (AvgIpc) is 2.73. The van der Waals surface area contributed by atoms with Crippen molar-refractivity contribution in [2.75, 3.05) is 0 Å². The van der Waals surface area contributed by atoms with Crippen molar-refractivity contribution in [3.05, 3.63) is 28.6 Å². The third-order valence-corrected chi connectivity index (χ3v) is 4.48. The Bertz CT molecular complexity index is 496. The van der Waals surface area contributed by atoms with Crippen molar-refractivity contribution in [2.24, 2.45) is 0 Å². The second-order valence-electron chi connectivity index (χ2n) is 5.84. The molecular weight excluding hydrogens is 238 g/mol. The first-order valence-electron chi connectivity index (χ1n) is 7.50. The zero-order valence-corrected chi connectivity index (χ0v) is 11.3. The van der Waals surface area contributed by atoms with E-state index in [4.69, 9.17) is 4.98 Å². The predicted octanol–water partition coefficient (Wildman–Crippen LogP) is 3.25. The molecule has 0 bridgehead atoms. The van der Waals surface area contributed by atoms with Gasteiger partial charge in [0.2, 0.25) is 0 Å². The van der Waals surface area contributed by atoms with E-state index in [0.717, 1.165) is 44.2 Å². The number of hydrogen-bond acceptors (Lipinski definition) is 2. The molecule has 2 aliphatic carbocycles. The van der Waals surface area contributed by atoms with Crippen molar-refractivity contribution in [3.63, 3.8) is 0 Å². The Morgan fingerprint density at radius 2 is 1.79 bits per heavy atom. The molecule has 0 aromatic carbocycles. The number of aromatic nitrogens is 1. The number of carbonyl (C=O) groups is 1. The van der Waals surface area contributed by atoms with E-state index < -0.39 is 5.97 Å². The van der Waals surface area contributed by atoms with Crippen molar-refractivity contribution in [2.45, 2.75) is 63.7 Å². The van der Waals surface area contributed by atoms with Crippen LogP contribution in [0.1, 0.15) is 67.0 Å². The van der Waals surface area contributed by atoms with Crippen LogP contribution in [0.5, 0.6) is 0 Å². The van der Waals surface area contributed by atoms with Gasteiger partial charge in [0, 0.05) is 5.69 Å². The molecule has 1 aromatic heterocycles. The van der Waals surface area contributed by atoms with Gasteiger partial charge in [-0.3, -0.25) is 9.78 Å². The fourth-order valence-corrected chi connectivity index (χ4v) is 3.42. The summed E-state index contributed by atoms with van der Waals surface area (Å²) < 4.78 is 0. The van der Waals surface area contributed by atoms with Gasteiger partial charge in [-0.05, 0) is 56.1 Å². The van der Waals surface area contributed by atoms with Crippen LogP contribution in [0.2, 0.25) is 0 Å². The van der Waals surface area contributed by atoms with Gasteiger partial charge in [0.15, 0.2) is 0 Å².